The molecule has 1 aliphatic rings. The Labute approximate surface area is 119 Å². The summed E-state index contributed by atoms with van der Waals surface area (Å²) >= 11 is 5.23. The van der Waals surface area contributed by atoms with Gasteiger partial charge in [0.1, 0.15) is 5.82 Å². The van der Waals surface area contributed by atoms with Gasteiger partial charge in [-0.05, 0) is 40.6 Å². The van der Waals surface area contributed by atoms with E-state index in [1.54, 1.807) is 12.3 Å². The lowest BCUT2D eigenvalue weighted by Crippen LogP contribution is -2.32. The number of halogens is 1. The Balaban J connectivity index is 1.92. The van der Waals surface area contributed by atoms with Gasteiger partial charge in [0.25, 0.3) is 5.91 Å². The van der Waals surface area contributed by atoms with Gasteiger partial charge in [-0.3, -0.25) is 4.79 Å². The average molecular weight is 330 g/mol. The molecule has 1 saturated heterocycles. The maximum atomic E-state index is 12.0. The summed E-state index contributed by atoms with van der Waals surface area (Å²) in [6.45, 7) is 0.704. The number of nitrogen functional groups attached to an aromatic ring is 1. The Morgan fingerprint density at radius 2 is 2.44 bits per heavy atom. The van der Waals surface area contributed by atoms with Crippen LogP contribution in [0, 0.1) is 0 Å². The highest BCUT2D eigenvalue weighted by Crippen LogP contribution is 2.24. The van der Waals surface area contributed by atoms with Gasteiger partial charge >= 0.3 is 0 Å². The molecule has 1 atom stereocenters. The van der Waals surface area contributed by atoms with Crippen molar-refractivity contribution in [1.82, 2.24) is 10.3 Å². The number of thioether (sulfide) groups is 1. The van der Waals surface area contributed by atoms with E-state index in [4.69, 9.17) is 5.73 Å². The molecule has 3 N–H and O–H groups in total. The molecule has 2 heterocycles. The van der Waals surface area contributed by atoms with Crippen molar-refractivity contribution < 1.29 is 4.79 Å². The van der Waals surface area contributed by atoms with Crippen LogP contribution < -0.4 is 11.1 Å². The van der Waals surface area contributed by atoms with Crippen LogP contribution >= 0.6 is 27.7 Å². The highest BCUT2D eigenvalue weighted by Gasteiger charge is 2.16. The lowest BCUT2D eigenvalue weighted by atomic mass is 10.2. The normalized spacial score (nSPS) is 19.5. The van der Waals surface area contributed by atoms with Crippen LogP contribution in [0.4, 0.5) is 5.82 Å². The number of nitrogens with two attached hydrogens (primary N) is 1. The fraction of sp³-hybridized carbons (Fsp3) is 0.500. The topological polar surface area (TPSA) is 68.0 Å². The standard InChI is InChI=1S/C12H16BrN3OS/c13-8-5-10(11(14)15-6-8)12(17)16-7-9-3-1-2-4-18-9/h5-6,9H,1-4,7H2,(H2,14,15)(H,16,17). The molecule has 0 aliphatic carbocycles. The first kappa shape index (κ1) is 13.7. The van der Waals surface area contributed by atoms with Gasteiger partial charge in [0.05, 0.1) is 5.56 Å². The zero-order valence-electron chi connectivity index (χ0n) is 9.99. The predicted octanol–water partition coefficient (Wildman–Crippen LogP) is 2.44. The molecule has 1 aromatic rings. The number of pyridine rings is 1. The van der Waals surface area contributed by atoms with E-state index in [-0.39, 0.29) is 11.7 Å². The number of anilines is 1. The minimum absolute atomic E-state index is 0.146. The van der Waals surface area contributed by atoms with Crippen molar-refractivity contribution in [1.29, 1.82) is 0 Å². The number of rotatable bonds is 3. The largest absolute Gasteiger partial charge is 0.383 e. The van der Waals surface area contributed by atoms with Gasteiger partial charge in [-0.1, -0.05) is 6.42 Å². The Hall–Kier alpha value is -0.750. The third kappa shape index (κ3) is 3.62. The minimum Gasteiger partial charge on any atom is -0.383 e. The molecule has 1 aromatic heterocycles. The van der Waals surface area contributed by atoms with E-state index >= 15 is 0 Å². The van der Waals surface area contributed by atoms with Crippen molar-refractivity contribution in [3.05, 3.63) is 22.3 Å². The number of hydrogen-bond acceptors (Lipinski definition) is 4. The van der Waals surface area contributed by atoms with Crippen LogP contribution in [0.3, 0.4) is 0 Å². The van der Waals surface area contributed by atoms with Gasteiger partial charge in [-0.2, -0.15) is 11.8 Å². The molecule has 1 fully saturated rings. The lowest BCUT2D eigenvalue weighted by molar-refractivity contribution is 0.0954. The van der Waals surface area contributed by atoms with Crippen molar-refractivity contribution >= 4 is 39.4 Å². The molecule has 0 bridgehead atoms. The van der Waals surface area contributed by atoms with E-state index in [2.05, 4.69) is 26.2 Å². The number of amides is 1. The maximum absolute atomic E-state index is 12.0. The van der Waals surface area contributed by atoms with Crippen molar-refractivity contribution in [2.24, 2.45) is 0 Å². The van der Waals surface area contributed by atoms with Gasteiger partial charge < -0.3 is 11.1 Å². The minimum atomic E-state index is -0.146. The molecule has 0 radical (unpaired) electrons. The van der Waals surface area contributed by atoms with Crippen LogP contribution in [0.2, 0.25) is 0 Å². The Bertz CT molecular complexity index is 435. The Morgan fingerprint density at radius 3 is 3.17 bits per heavy atom. The molecule has 4 nitrogen and oxygen atoms in total. The van der Waals surface area contributed by atoms with Crippen molar-refractivity contribution in [3.63, 3.8) is 0 Å². The maximum Gasteiger partial charge on any atom is 0.255 e. The van der Waals surface area contributed by atoms with Crippen LogP contribution in [0.15, 0.2) is 16.7 Å². The number of carbonyl (C=O) groups excluding carboxylic acids is 1. The summed E-state index contributed by atoms with van der Waals surface area (Å²) in [6.07, 6.45) is 5.31. The van der Waals surface area contributed by atoms with Crippen molar-refractivity contribution in [2.45, 2.75) is 24.5 Å². The Morgan fingerprint density at radius 1 is 1.61 bits per heavy atom. The first-order valence-electron chi connectivity index (χ1n) is 5.97. The molecule has 1 aliphatic heterocycles. The smallest absolute Gasteiger partial charge is 0.255 e. The van der Waals surface area contributed by atoms with Crippen molar-refractivity contribution in [3.8, 4) is 0 Å². The van der Waals surface area contributed by atoms with Gasteiger partial charge in [-0.15, -0.1) is 0 Å². The summed E-state index contributed by atoms with van der Waals surface area (Å²) in [5.74, 6) is 1.32. The molecule has 1 amide bonds. The Kier molecular flexibility index (Phi) is 4.88. The van der Waals surface area contributed by atoms with Crippen LogP contribution in [0.5, 0.6) is 0 Å². The van der Waals surface area contributed by atoms with E-state index in [1.165, 1.54) is 25.0 Å². The number of hydrogen-bond donors (Lipinski definition) is 2. The fourth-order valence-corrected chi connectivity index (χ4v) is 3.47. The zero-order chi connectivity index (χ0) is 13.0. The number of nitrogens with one attached hydrogen (secondary N) is 1. The molecule has 6 heteroatoms. The van der Waals surface area contributed by atoms with E-state index in [0.29, 0.717) is 17.4 Å². The predicted molar refractivity (Wildman–Crippen MR) is 78.8 cm³/mol. The first-order chi connectivity index (χ1) is 8.66. The summed E-state index contributed by atoms with van der Waals surface area (Å²) in [5.41, 5.74) is 6.14. The molecule has 2 rings (SSSR count). The summed E-state index contributed by atoms with van der Waals surface area (Å²) in [4.78, 5) is 16.0. The summed E-state index contributed by atoms with van der Waals surface area (Å²) < 4.78 is 0.758. The van der Waals surface area contributed by atoms with Crippen LogP contribution in [-0.2, 0) is 0 Å². The summed E-state index contributed by atoms with van der Waals surface area (Å²) in [6, 6.07) is 1.70. The number of nitrogens with zero attached hydrogens (tertiary/aromatic N) is 1. The lowest BCUT2D eigenvalue weighted by Gasteiger charge is -2.21. The van der Waals surface area contributed by atoms with E-state index in [9.17, 15) is 4.79 Å². The average Bonchev–Trinajstić information content (AvgIpc) is 2.40. The van der Waals surface area contributed by atoms with Crippen LogP contribution in [-0.4, -0.2) is 28.4 Å². The number of carbonyl (C=O) groups is 1. The zero-order valence-corrected chi connectivity index (χ0v) is 12.4. The molecule has 0 spiro atoms. The fourth-order valence-electron chi connectivity index (χ4n) is 1.90. The van der Waals surface area contributed by atoms with Crippen LogP contribution in [0.25, 0.3) is 0 Å². The molecule has 0 saturated carbocycles. The SMILES string of the molecule is Nc1ncc(Br)cc1C(=O)NCC1CCCCS1. The second-order valence-corrected chi connectivity index (χ2v) is 6.61. The van der Waals surface area contributed by atoms with E-state index in [0.717, 1.165) is 4.47 Å². The summed E-state index contributed by atoms with van der Waals surface area (Å²) in [7, 11) is 0. The third-order valence-corrected chi connectivity index (χ3v) is 4.73. The van der Waals surface area contributed by atoms with E-state index < -0.39 is 0 Å². The summed E-state index contributed by atoms with van der Waals surface area (Å²) in [5, 5.41) is 3.47. The number of aromatic nitrogens is 1. The second-order valence-electron chi connectivity index (χ2n) is 4.28. The van der Waals surface area contributed by atoms with Gasteiger partial charge in [0.15, 0.2) is 0 Å². The van der Waals surface area contributed by atoms with Gasteiger partial charge in [0, 0.05) is 22.5 Å². The molecule has 18 heavy (non-hydrogen) atoms. The highest BCUT2D eigenvalue weighted by molar-refractivity contribution is 9.10. The highest BCUT2D eigenvalue weighted by atomic mass is 79.9. The van der Waals surface area contributed by atoms with Gasteiger partial charge in [-0.25, -0.2) is 4.98 Å². The van der Waals surface area contributed by atoms with Crippen LogP contribution in [0.1, 0.15) is 29.6 Å². The second kappa shape index (κ2) is 6.43. The molecule has 98 valence electrons. The molecular weight excluding hydrogens is 314 g/mol. The third-order valence-electron chi connectivity index (χ3n) is 2.89. The van der Waals surface area contributed by atoms with Crippen molar-refractivity contribution in [2.75, 3.05) is 18.0 Å². The first-order valence-corrected chi connectivity index (χ1v) is 7.82. The molecular formula is C12H16BrN3OS. The van der Waals surface area contributed by atoms with E-state index in [1.807, 2.05) is 11.8 Å². The quantitative estimate of drug-likeness (QED) is 0.893. The van der Waals surface area contributed by atoms with Gasteiger partial charge in [0.2, 0.25) is 0 Å². The molecule has 0 aromatic carbocycles. The monoisotopic (exact) mass is 329 g/mol. The molecule has 1 unspecified atom stereocenters.